The normalized spacial score (nSPS) is 10.3. The lowest BCUT2D eigenvalue weighted by Gasteiger charge is -2.02. The second-order valence-electron chi connectivity index (χ2n) is 3.17. The number of aromatic nitrogens is 2. The predicted molar refractivity (Wildman–Crippen MR) is 55.7 cm³/mol. The largest absolute Gasteiger partial charge is 0.453 e. The first kappa shape index (κ1) is 11.6. The molecule has 10 nitrogen and oxygen atoms in total. The zero-order valence-electron chi connectivity index (χ0n) is 8.95. The van der Waals surface area contributed by atoms with E-state index in [0.717, 1.165) is 13.2 Å². The number of fused-ring (bicyclic) bond motifs is 1. The predicted octanol–water partition coefficient (Wildman–Crippen LogP) is 0.548. The third-order valence-electron chi connectivity index (χ3n) is 2.10. The summed E-state index contributed by atoms with van der Waals surface area (Å²) in [7, 11) is 1.13. The Morgan fingerprint density at radius 1 is 1.61 bits per heavy atom. The van der Waals surface area contributed by atoms with Crippen molar-refractivity contribution in [2.75, 3.05) is 12.4 Å². The summed E-state index contributed by atoms with van der Waals surface area (Å²) < 4.78 is 8.59. The van der Waals surface area contributed by atoms with Crippen molar-refractivity contribution >= 4 is 28.5 Å². The number of non-ortho nitro benzene ring substituents is 1. The minimum atomic E-state index is -0.822. The maximum Gasteiger partial charge on any atom is 0.411 e. The number of ether oxygens (including phenoxy) is 1. The fourth-order valence-electron chi connectivity index (χ4n) is 1.34. The summed E-state index contributed by atoms with van der Waals surface area (Å²) in [4.78, 5) is 21.1. The molecule has 0 aliphatic carbocycles. The molecule has 0 radical (unpaired) electrons. The van der Waals surface area contributed by atoms with E-state index >= 15 is 0 Å². The van der Waals surface area contributed by atoms with E-state index in [1.807, 2.05) is 0 Å². The number of amides is 1. The molecule has 1 heterocycles. The average molecular weight is 254 g/mol. The lowest BCUT2D eigenvalue weighted by Crippen LogP contribution is -2.22. The van der Waals surface area contributed by atoms with Gasteiger partial charge in [0, 0.05) is 12.1 Å². The summed E-state index contributed by atoms with van der Waals surface area (Å²) in [6, 6.07) is 2.23. The zero-order chi connectivity index (χ0) is 13.3. The molecule has 0 atom stereocenters. The highest BCUT2D eigenvalue weighted by molar-refractivity contribution is 5.91. The summed E-state index contributed by atoms with van der Waals surface area (Å²) >= 11 is 0. The highest BCUT2D eigenvalue weighted by Crippen LogP contribution is 2.26. The van der Waals surface area contributed by atoms with Gasteiger partial charge in [-0.2, -0.15) is 0 Å². The number of nitro groups is 1. The molecule has 2 rings (SSSR count). The molecule has 0 saturated heterocycles. The average Bonchev–Trinajstić information content (AvgIpc) is 2.70. The number of benzene rings is 1. The number of methoxy groups -OCH3 is 1. The molecule has 10 heteroatoms. The molecule has 0 aliphatic heterocycles. The Morgan fingerprint density at radius 2 is 2.33 bits per heavy atom. The van der Waals surface area contributed by atoms with Gasteiger partial charge in [0.25, 0.3) is 0 Å². The third kappa shape index (κ3) is 1.86. The van der Waals surface area contributed by atoms with Crippen LogP contribution in [-0.4, -0.2) is 23.3 Å². The Morgan fingerprint density at radius 3 is 2.94 bits per heavy atom. The molecule has 18 heavy (non-hydrogen) atoms. The highest BCUT2D eigenvalue weighted by atomic mass is 16.8. The molecular formula is C8H6N4O6. The smallest absolute Gasteiger partial charge is 0.411 e. The number of nitrogens with zero attached hydrogens (tertiary/aromatic N) is 3. The lowest BCUT2D eigenvalue weighted by molar-refractivity contribution is -0.782. The van der Waals surface area contributed by atoms with Crippen molar-refractivity contribution in [3.05, 3.63) is 27.5 Å². The molecular weight excluding hydrogens is 248 g/mol. The summed E-state index contributed by atoms with van der Waals surface area (Å²) in [5, 5.41) is 27.5. The van der Waals surface area contributed by atoms with Gasteiger partial charge in [-0.05, 0) is 4.90 Å². The number of carbonyl (C=O) groups excluding carboxylic acids is 1. The van der Waals surface area contributed by atoms with Crippen LogP contribution >= 0.6 is 0 Å². The second-order valence-corrected chi connectivity index (χ2v) is 3.17. The van der Waals surface area contributed by atoms with Crippen molar-refractivity contribution in [1.82, 2.24) is 5.16 Å². The van der Waals surface area contributed by atoms with Crippen molar-refractivity contribution in [2.24, 2.45) is 0 Å². The van der Waals surface area contributed by atoms with Crippen LogP contribution in [0.3, 0.4) is 0 Å². The molecule has 0 aliphatic rings. The molecule has 94 valence electrons. The number of anilines is 1. The SMILES string of the molecule is COC(=O)Nc1cc([N+](=O)[O-])c2no[n+]([O-])c2c1. The Balaban J connectivity index is 2.59. The fourth-order valence-corrected chi connectivity index (χ4v) is 1.34. The molecule has 0 fully saturated rings. The molecule has 1 aromatic heterocycles. The van der Waals surface area contributed by atoms with E-state index in [1.165, 1.54) is 6.07 Å². The van der Waals surface area contributed by atoms with Gasteiger partial charge >= 0.3 is 17.3 Å². The second kappa shape index (κ2) is 4.16. The number of carbonyl (C=O) groups is 1. The van der Waals surface area contributed by atoms with E-state index in [9.17, 15) is 20.1 Å². The maximum atomic E-state index is 11.2. The maximum absolute atomic E-state index is 11.2. The van der Waals surface area contributed by atoms with Crippen LogP contribution in [0.2, 0.25) is 0 Å². The molecule has 1 aromatic carbocycles. The number of nitrogens with one attached hydrogen (secondary N) is 1. The molecule has 1 amide bonds. The number of rotatable bonds is 2. The van der Waals surface area contributed by atoms with Gasteiger partial charge in [0.05, 0.1) is 22.9 Å². The van der Waals surface area contributed by atoms with Gasteiger partial charge in [-0.1, -0.05) is 0 Å². The first-order chi connectivity index (χ1) is 8.52. The number of hydrogen-bond acceptors (Lipinski definition) is 7. The van der Waals surface area contributed by atoms with Crippen molar-refractivity contribution in [1.29, 1.82) is 0 Å². The van der Waals surface area contributed by atoms with Gasteiger partial charge in [-0.3, -0.25) is 20.1 Å². The molecule has 2 aromatic rings. The van der Waals surface area contributed by atoms with Crippen molar-refractivity contribution in [3.8, 4) is 0 Å². The highest BCUT2D eigenvalue weighted by Gasteiger charge is 2.25. The van der Waals surface area contributed by atoms with E-state index in [4.69, 9.17) is 0 Å². The van der Waals surface area contributed by atoms with E-state index in [-0.39, 0.29) is 21.6 Å². The van der Waals surface area contributed by atoms with Crippen LogP contribution in [0.5, 0.6) is 0 Å². The van der Waals surface area contributed by atoms with Gasteiger partial charge in [0.1, 0.15) is 0 Å². The van der Waals surface area contributed by atoms with Gasteiger partial charge < -0.3 is 9.94 Å². The third-order valence-corrected chi connectivity index (χ3v) is 2.10. The monoisotopic (exact) mass is 254 g/mol. The topological polar surface area (TPSA) is 134 Å². The summed E-state index contributed by atoms with van der Waals surface area (Å²) in [6.45, 7) is 0. The van der Waals surface area contributed by atoms with Gasteiger partial charge in [-0.25, -0.2) is 4.79 Å². The molecule has 1 N–H and O–H groups in total. The van der Waals surface area contributed by atoms with Gasteiger partial charge in [0.15, 0.2) is 0 Å². The summed E-state index contributed by atoms with van der Waals surface area (Å²) in [5.41, 5.74) is -0.813. The van der Waals surface area contributed by atoms with E-state index < -0.39 is 16.7 Å². The quantitative estimate of drug-likeness (QED) is 0.469. The Hall–Kier alpha value is -2.91. The number of hydrogen-bond donors (Lipinski definition) is 1. The van der Waals surface area contributed by atoms with Crippen LogP contribution in [0.25, 0.3) is 11.0 Å². The first-order valence-electron chi connectivity index (χ1n) is 4.55. The number of nitro benzene ring substituents is 1. The van der Waals surface area contributed by atoms with Crippen LogP contribution in [0.15, 0.2) is 16.8 Å². The molecule has 0 bridgehead atoms. The van der Waals surface area contributed by atoms with Gasteiger partial charge in [-0.15, -0.1) is 0 Å². The molecule has 0 unspecified atom stereocenters. The Bertz CT molecular complexity index is 636. The Kier molecular flexibility index (Phi) is 2.67. The standard InChI is InChI=1S/C8H6N4O6/c1-17-8(13)9-4-2-5(11(14)15)7-6(3-4)12(16)18-10-7/h2-3H,1H3,(H,9,13). The molecule has 0 saturated carbocycles. The zero-order valence-corrected chi connectivity index (χ0v) is 8.95. The summed E-state index contributed by atoms with van der Waals surface area (Å²) in [6.07, 6.45) is -0.822. The van der Waals surface area contributed by atoms with Crippen molar-refractivity contribution < 1.29 is 24.0 Å². The summed E-state index contributed by atoms with van der Waals surface area (Å²) in [5.74, 6) is 0. The van der Waals surface area contributed by atoms with Crippen molar-refractivity contribution in [2.45, 2.75) is 0 Å². The van der Waals surface area contributed by atoms with E-state index in [0.29, 0.717) is 0 Å². The Labute approximate surface area is 98.4 Å². The van der Waals surface area contributed by atoms with E-state index in [2.05, 4.69) is 19.8 Å². The van der Waals surface area contributed by atoms with Gasteiger partial charge in [0.2, 0.25) is 5.52 Å². The first-order valence-corrected chi connectivity index (χ1v) is 4.55. The van der Waals surface area contributed by atoms with Crippen LogP contribution in [-0.2, 0) is 4.74 Å². The van der Waals surface area contributed by atoms with Crippen LogP contribution in [0, 0.1) is 15.3 Å². The van der Waals surface area contributed by atoms with Crippen LogP contribution < -0.4 is 10.2 Å². The van der Waals surface area contributed by atoms with Crippen molar-refractivity contribution in [3.63, 3.8) is 0 Å². The fraction of sp³-hybridized carbons (Fsp3) is 0.125. The minimum Gasteiger partial charge on any atom is -0.453 e. The van der Waals surface area contributed by atoms with Crippen LogP contribution in [0.1, 0.15) is 0 Å². The van der Waals surface area contributed by atoms with Crippen LogP contribution in [0.4, 0.5) is 16.2 Å². The molecule has 0 spiro atoms. The minimum absolute atomic E-state index is 0.00475. The van der Waals surface area contributed by atoms with E-state index in [1.54, 1.807) is 0 Å². The lowest BCUT2D eigenvalue weighted by atomic mass is 10.2.